The maximum atomic E-state index is 12.8. The molecular weight excluding hydrogens is 452 g/mol. The molecule has 0 amide bonds. The Morgan fingerprint density at radius 1 is 0.917 bits per heavy atom. The zero-order chi connectivity index (χ0) is 24.9. The number of aliphatic carboxylic acids is 1. The molecule has 182 valence electrons. The van der Waals surface area contributed by atoms with E-state index in [1.807, 2.05) is 47.0 Å². The van der Waals surface area contributed by atoms with E-state index in [0.717, 1.165) is 34.4 Å². The third-order valence-corrected chi connectivity index (χ3v) is 6.87. The first-order valence-electron chi connectivity index (χ1n) is 12.2. The Morgan fingerprint density at radius 3 is 2.22 bits per heavy atom. The number of carboxylic acids is 1. The molecule has 0 radical (unpaired) electrons. The SMILES string of the molecule is O=C(C[C@@H](Cc1cncn1CCc1ccccc1)C(=O)O)OCC1c2ccccc2-c2ccccc21. The summed E-state index contributed by atoms with van der Waals surface area (Å²) in [7, 11) is 0. The fraction of sp³-hybridized carbons (Fsp3) is 0.233. The highest BCUT2D eigenvalue weighted by molar-refractivity contribution is 5.80. The van der Waals surface area contributed by atoms with Crippen molar-refractivity contribution in [2.24, 2.45) is 5.92 Å². The number of carbonyl (C=O) groups excluding carboxylic acids is 1. The highest BCUT2D eigenvalue weighted by Crippen LogP contribution is 2.44. The van der Waals surface area contributed by atoms with Gasteiger partial charge in [-0.3, -0.25) is 9.59 Å². The number of aromatic nitrogens is 2. The van der Waals surface area contributed by atoms with Gasteiger partial charge in [-0.1, -0.05) is 78.9 Å². The summed E-state index contributed by atoms with van der Waals surface area (Å²) in [6, 6.07) is 26.4. The fourth-order valence-electron chi connectivity index (χ4n) is 4.99. The summed E-state index contributed by atoms with van der Waals surface area (Å²) in [5.74, 6) is -2.45. The van der Waals surface area contributed by atoms with Crippen LogP contribution in [-0.4, -0.2) is 33.2 Å². The third-order valence-electron chi connectivity index (χ3n) is 6.87. The number of imidazole rings is 1. The monoisotopic (exact) mass is 480 g/mol. The van der Waals surface area contributed by atoms with Crippen LogP contribution in [-0.2, 0) is 33.7 Å². The summed E-state index contributed by atoms with van der Waals surface area (Å²) in [4.78, 5) is 29.0. The van der Waals surface area contributed by atoms with Crippen molar-refractivity contribution in [1.82, 2.24) is 9.55 Å². The van der Waals surface area contributed by atoms with E-state index in [0.29, 0.717) is 6.54 Å². The van der Waals surface area contributed by atoms with E-state index in [9.17, 15) is 14.7 Å². The van der Waals surface area contributed by atoms with Gasteiger partial charge in [0.25, 0.3) is 0 Å². The molecule has 0 aliphatic heterocycles. The van der Waals surface area contributed by atoms with Crippen LogP contribution >= 0.6 is 0 Å². The van der Waals surface area contributed by atoms with E-state index in [1.54, 1.807) is 12.5 Å². The average molecular weight is 481 g/mol. The zero-order valence-electron chi connectivity index (χ0n) is 19.9. The van der Waals surface area contributed by atoms with Gasteiger partial charge < -0.3 is 14.4 Å². The minimum Gasteiger partial charge on any atom is -0.481 e. The molecule has 1 atom stereocenters. The first-order chi connectivity index (χ1) is 17.6. The number of rotatable bonds is 10. The van der Waals surface area contributed by atoms with Gasteiger partial charge >= 0.3 is 11.9 Å². The van der Waals surface area contributed by atoms with Crippen LogP contribution < -0.4 is 0 Å². The van der Waals surface area contributed by atoms with Crippen LogP contribution in [0.25, 0.3) is 11.1 Å². The number of hydrogen-bond acceptors (Lipinski definition) is 4. The number of nitrogens with zero attached hydrogens (tertiary/aromatic N) is 2. The number of carbonyl (C=O) groups is 2. The lowest BCUT2D eigenvalue weighted by Crippen LogP contribution is -2.24. The first-order valence-corrected chi connectivity index (χ1v) is 12.2. The molecule has 1 aromatic heterocycles. The Bertz CT molecular complexity index is 1320. The molecule has 1 N–H and O–H groups in total. The smallest absolute Gasteiger partial charge is 0.307 e. The van der Waals surface area contributed by atoms with Crippen molar-refractivity contribution < 1.29 is 19.4 Å². The second kappa shape index (κ2) is 10.6. The highest BCUT2D eigenvalue weighted by atomic mass is 16.5. The van der Waals surface area contributed by atoms with Gasteiger partial charge in [0.05, 0.1) is 18.7 Å². The molecule has 0 fully saturated rings. The Hall–Kier alpha value is -4.19. The van der Waals surface area contributed by atoms with Crippen molar-refractivity contribution in [3.05, 3.63) is 114 Å². The summed E-state index contributed by atoms with van der Waals surface area (Å²) in [5, 5.41) is 9.82. The molecule has 6 heteroatoms. The lowest BCUT2D eigenvalue weighted by atomic mass is 9.97. The largest absolute Gasteiger partial charge is 0.481 e. The van der Waals surface area contributed by atoms with E-state index in [-0.39, 0.29) is 25.4 Å². The van der Waals surface area contributed by atoms with Crippen LogP contribution in [0.15, 0.2) is 91.4 Å². The number of esters is 1. The summed E-state index contributed by atoms with van der Waals surface area (Å²) in [5.41, 5.74) is 6.56. The Morgan fingerprint density at radius 2 is 1.56 bits per heavy atom. The molecule has 0 saturated carbocycles. The zero-order valence-corrected chi connectivity index (χ0v) is 19.9. The molecule has 1 aliphatic carbocycles. The Balaban J connectivity index is 1.21. The van der Waals surface area contributed by atoms with E-state index in [4.69, 9.17) is 4.74 Å². The lowest BCUT2D eigenvalue weighted by Gasteiger charge is -2.16. The second-order valence-electron chi connectivity index (χ2n) is 9.17. The molecule has 0 unspecified atom stereocenters. The van der Waals surface area contributed by atoms with Crippen molar-refractivity contribution in [1.29, 1.82) is 0 Å². The maximum Gasteiger partial charge on any atom is 0.307 e. The van der Waals surface area contributed by atoms with Gasteiger partial charge in [-0.15, -0.1) is 0 Å². The summed E-state index contributed by atoms with van der Waals surface area (Å²) in [6.07, 6.45) is 4.24. The molecule has 0 spiro atoms. The van der Waals surface area contributed by atoms with Gasteiger partial charge in [0.15, 0.2) is 0 Å². The van der Waals surface area contributed by atoms with Gasteiger partial charge in [0.2, 0.25) is 0 Å². The van der Waals surface area contributed by atoms with Crippen LogP contribution in [0.2, 0.25) is 0 Å². The van der Waals surface area contributed by atoms with Gasteiger partial charge in [-0.25, -0.2) is 4.98 Å². The van der Waals surface area contributed by atoms with Crippen molar-refractivity contribution in [3.8, 4) is 11.1 Å². The molecule has 36 heavy (non-hydrogen) atoms. The number of carboxylic acid groups (broad SMARTS) is 1. The van der Waals surface area contributed by atoms with E-state index < -0.39 is 17.9 Å². The highest BCUT2D eigenvalue weighted by Gasteiger charge is 2.30. The average Bonchev–Trinajstić information content (AvgIpc) is 3.48. The number of aryl methyl sites for hydroxylation is 2. The first kappa shape index (κ1) is 23.5. The van der Waals surface area contributed by atoms with Crippen molar-refractivity contribution in [3.63, 3.8) is 0 Å². The van der Waals surface area contributed by atoms with Crippen LogP contribution in [0, 0.1) is 5.92 Å². The number of benzene rings is 3. The normalized spacial score (nSPS) is 13.1. The minimum absolute atomic E-state index is 0.0518. The second-order valence-corrected chi connectivity index (χ2v) is 9.17. The molecule has 0 bridgehead atoms. The Labute approximate surface area is 210 Å². The van der Waals surface area contributed by atoms with Crippen LogP contribution in [0.3, 0.4) is 0 Å². The maximum absolute atomic E-state index is 12.8. The van der Waals surface area contributed by atoms with Gasteiger partial charge in [-0.05, 0) is 34.2 Å². The molecule has 3 aromatic carbocycles. The number of ether oxygens (including phenoxy) is 1. The van der Waals surface area contributed by atoms with E-state index in [1.165, 1.54) is 5.56 Å². The Kier molecular flexibility index (Phi) is 6.94. The van der Waals surface area contributed by atoms with E-state index in [2.05, 4.69) is 41.4 Å². The topological polar surface area (TPSA) is 81.4 Å². The number of fused-ring (bicyclic) bond motifs is 3. The predicted molar refractivity (Wildman–Crippen MR) is 136 cm³/mol. The molecular formula is C30H28N2O4. The molecule has 5 rings (SSSR count). The summed E-state index contributed by atoms with van der Waals surface area (Å²) < 4.78 is 7.61. The molecule has 0 saturated heterocycles. The standard InChI is InChI=1S/C30H28N2O4/c33-29(36-19-28-26-12-6-4-10-24(26)25-11-5-7-13-27(25)28)17-22(30(34)35)16-23-18-31-20-32(23)15-14-21-8-2-1-3-9-21/h1-13,18,20,22,28H,14-17,19H2,(H,34,35)/t22-/m1/s1. The molecule has 4 aromatic rings. The third kappa shape index (κ3) is 5.08. The van der Waals surface area contributed by atoms with Crippen molar-refractivity contribution in [2.45, 2.75) is 31.7 Å². The van der Waals surface area contributed by atoms with Crippen molar-refractivity contribution in [2.75, 3.05) is 6.61 Å². The number of hydrogen-bond donors (Lipinski definition) is 1. The van der Waals surface area contributed by atoms with Crippen LogP contribution in [0.4, 0.5) is 0 Å². The fourth-order valence-corrected chi connectivity index (χ4v) is 4.99. The molecule has 6 nitrogen and oxygen atoms in total. The quantitative estimate of drug-likeness (QED) is 0.319. The predicted octanol–water partition coefficient (Wildman–Crippen LogP) is 5.11. The van der Waals surface area contributed by atoms with Gasteiger partial charge in [0, 0.05) is 30.8 Å². The van der Waals surface area contributed by atoms with Crippen molar-refractivity contribution >= 4 is 11.9 Å². The minimum atomic E-state index is -1.01. The lowest BCUT2D eigenvalue weighted by molar-refractivity contribution is -0.151. The van der Waals surface area contributed by atoms with E-state index >= 15 is 0 Å². The summed E-state index contributed by atoms with van der Waals surface area (Å²) >= 11 is 0. The summed E-state index contributed by atoms with van der Waals surface area (Å²) in [6.45, 7) is 0.880. The van der Waals surface area contributed by atoms with Crippen LogP contribution in [0.1, 0.15) is 34.7 Å². The van der Waals surface area contributed by atoms with Gasteiger partial charge in [-0.2, -0.15) is 0 Å². The molecule has 1 aliphatic rings. The molecule has 1 heterocycles. The van der Waals surface area contributed by atoms with Gasteiger partial charge in [0.1, 0.15) is 6.61 Å². The van der Waals surface area contributed by atoms with Crippen LogP contribution in [0.5, 0.6) is 0 Å².